The first-order valence-corrected chi connectivity index (χ1v) is 5.18. The molecule has 0 aliphatic heterocycles. The van der Waals surface area contributed by atoms with E-state index in [-0.39, 0.29) is 5.95 Å². The molecule has 78 valence electrons. The van der Waals surface area contributed by atoms with Crippen LogP contribution in [0.2, 0.25) is 4.47 Å². The van der Waals surface area contributed by atoms with Gasteiger partial charge in [0.05, 0.1) is 5.69 Å². The predicted octanol–water partition coefficient (Wildman–Crippen LogP) is 1.95. The summed E-state index contributed by atoms with van der Waals surface area (Å²) in [6.07, 6.45) is 2.91. The Morgan fingerprint density at radius 2 is 2.47 bits per heavy atom. The van der Waals surface area contributed by atoms with Crippen molar-refractivity contribution in [2.45, 2.75) is 6.54 Å². The van der Waals surface area contributed by atoms with E-state index in [2.05, 4.69) is 9.97 Å². The van der Waals surface area contributed by atoms with Crippen molar-refractivity contribution in [1.82, 2.24) is 14.5 Å². The van der Waals surface area contributed by atoms with E-state index in [0.717, 1.165) is 0 Å². The van der Waals surface area contributed by atoms with Crippen molar-refractivity contribution >= 4 is 28.9 Å². The molecule has 8 heteroatoms. The van der Waals surface area contributed by atoms with E-state index in [1.165, 1.54) is 28.3 Å². The van der Waals surface area contributed by atoms with Crippen molar-refractivity contribution in [3.05, 3.63) is 38.0 Å². The molecular formula is C7H5ClN4O2S. The summed E-state index contributed by atoms with van der Waals surface area (Å²) in [4.78, 5) is 17.6. The Kier molecular flexibility index (Phi) is 2.65. The molecule has 0 aliphatic carbocycles. The van der Waals surface area contributed by atoms with Gasteiger partial charge >= 0.3 is 5.95 Å². The summed E-state index contributed by atoms with van der Waals surface area (Å²) in [5, 5.41) is 12.3. The molecule has 0 amide bonds. The summed E-state index contributed by atoms with van der Waals surface area (Å²) in [6, 6.07) is 0. The lowest BCUT2D eigenvalue weighted by atomic mass is 10.5. The molecule has 0 fully saturated rings. The highest BCUT2D eigenvalue weighted by atomic mass is 35.5. The van der Waals surface area contributed by atoms with E-state index in [9.17, 15) is 10.1 Å². The third-order valence-electron chi connectivity index (χ3n) is 1.71. The summed E-state index contributed by atoms with van der Waals surface area (Å²) in [7, 11) is 0. The lowest BCUT2D eigenvalue weighted by Gasteiger charge is -1.97. The fourth-order valence-electron chi connectivity index (χ4n) is 1.13. The van der Waals surface area contributed by atoms with Crippen molar-refractivity contribution in [1.29, 1.82) is 0 Å². The predicted molar refractivity (Wildman–Crippen MR) is 55.1 cm³/mol. The van der Waals surface area contributed by atoms with E-state index < -0.39 is 4.92 Å². The maximum absolute atomic E-state index is 10.6. The van der Waals surface area contributed by atoms with Gasteiger partial charge < -0.3 is 10.1 Å². The Hall–Kier alpha value is -1.47. The van der Waals surface area contributed by atoms with Crippen LogP contribution in [0.4, 0.5) is 5.95 Å². The average Bonchev–Trinajstić information content (AvgIpc) is 2.75. The summed E-state index contributed by atoms with van der Waals surface area (Å²) < 4.78 is 1.83. The maximum atomic E-state index is 10.6. The van der Waals surface area contributed by atoms with E-state index in [1.54, 1.807) is 5.38 Å². The summed E-state index contributed by atoms with van der Waals surface area (Å²) in [6.45, 7) is 0.305. The number of hydrogen-bond acceptors (Lipinski definition) is 5. The van der Waals surface area contributed by atoms with Crippen LogP contribution in [0.3, 0.4) is 0 Å². The molecule has 2 aromatic heterocycles. The zero-order valence-electron chi connectivity index (χ0n) is 7.33. The Morgan fingerprint density at radius 3 is 3.07 bits per heavy atom. The van der Waals surface area contributed by atoms with Gasteiger partial charge in [0.25, 0.3) is 0 Å². The van der Waals surface area contributed by atoms with Gasteiger partial charge in [-0.3, -0.25) is 0 Å². The average molecular weight is 245 g/mol. The number of imidazole rings is 1. The topological polar surface area (TPSA) is 73.8 Å². The number of thiazole rings is 1. The molecule has 0 saturated heterocycles. The van der Waals surface area contributed by atoms with Crippen LogP contribution in [0, 0.1) is 10.1 Å². The molecular weight excluding hydrogens is 240 g/mol. The van der Waals surface area contributed by atoms with Gasteiger partial charge in [-0.05, 0) is 4.92 Å². The van der Waals surface area contributed by atoms with Gasteiger partial charge in [0.2, 0.25) is 0 Å². The lowest BCUT2D eigenvalue weighted by Crippen LogP contribution is -2.04. The Bertz CT molecular complexity index is 495. The number of rotatable bonds is 3. The maximum Gasteiger partial charge on any atom is 0.434 e. The standard InChI is InChI=1S/C7H5ClN4O2S/c8-6-10-5(4-15-6)3-11-2-1-9-7(11)12(13)14/h1-2,4H,3H2. The van der Waals surface area contributed by atoms with Crippen LogP contribution in [0.1, 0.15) is 5.69 Å². The largest absolute Gasteiger partial charge is 0.434 e. The van der Waals surface area contributed by atoms with Crippen LogP contribution in [-0.2, 0) is 6.54 Å². The van der Waals surface area contributed by atoms with Gasteiger partial charge in [-0.1, -0.05) is 16.6 Å². The van der Waals surface area contributed by atoms with E-state index >= 15 is 0 Å². The molecule has 0 atom stereocenters. The fourth-order valence-corrected chi connectivity index (χ4v) is 1.90. The second kappa shape index (κ2) is 3.95. The molecule has 0 unspecified atom stereocenters. The van der Waals surface area contributed by atoms with Crippen LogP contribution >= 0.6 is 22.9 Å². The van der Waals surface area contributed by atoms with Crippen molar-refractivity contribution in [3.8, 4) is 0 Å². The molecule has 0 bridgehead atoms. The van der Waals surface area contributed by atoms with E-state index in [1.807, 2.05) is 0 Å². The highest BCUT2D eigenvalue weighted by molar-refractivity contribution is 7.13. The highest BCUT2D eigenvalue weighted by Crippen LogP contribution is 2.17. The summed E-state index contributed by atoms with van der Waals surface area (Å²) >= 11 is 6.94. The van der Waals surface area contributed by atoms with Gasteiger partial charge in [-0.2, -0.15) is 0 Å². The molecule has 2 heterocycles. The molecule has 6 nitrogen and oxygen atoms in total. The third-order valence-corrected chi connectivity index (χ3v) is 2.74. The van der Waals surface area contributed by atoms with Crippen LogP contribution in [0.15, 0.2) is 17.8 Å². The molecule has 15 heavy (non-hydrogen) atoms. The second-order valence-electron chi connectivity index (χ2n) is 2.70. The smallest absolute Gasteiger partial charge is 0.390 e. The molecule has 0 aromatic carbocycles. The zero-order valence-corrected chi connectivity index (χ0v) is 8.90. The minimum absolute atomic E-state index is 0.195. The number of nitro groups is 1. The zero-order chi connectivity index (χ0) is 10.8. The Balaban J connectivity index is 2.24. The molecule has 2 rings (SSSR count). The number of hydrogen-bond donors (Lipinski definition) is 0. The van der Waals surface area contributed by atoms with Gasteiger partial charge in [0, 0.05) is 5.38 Å². The fraction of sp³-hybridized carbons (Fsp3) is 0.143. The number of halogens is 1. The van der Waals surface area contributed by atoms with Crippen LogP contribution in [0.25, 0.3) is 0 Å². The number of aromatic nitrogens is 3. The number of nitrogens with zero attached hydrogens (tertiary/aromatic N) is 4. The van der Waals surface area contributed by atoms with Gasteiger partial charge in [0.15, 0.2) is 4.47 Å². The molecule has 2 aromatic rings. The van der Waals surface area contributed by atoms with Gasteiger partial charge in [-0.15, -0.1) is 11.3 Å². The molecule has 0 radical (unpaired) electrons. The van der Waals surface area contributed by atoms with E-state index in [4.69, 9.17) is 11.6 Å². The van der Waals surface area contributed by atoms with Crippen molar-refractivity contribution < 1.29 is 4.92 Å². The SMILES string of the molecule is O=[N+]([O-])c1nccn1Cc1csc(Cl)n1. The highest BCUT2D eigenvalue weighted by Gasteiger charge is 2.15. The Labute approximate surface area is 93.3 Å². The first-order chi connectivity index (χ1) is 7.16. The first kappa shape index (κ1) is 10.1. The summed E-state index contributed by atoms with van der Waals surface area (Å²) in [5.74, 6) is -0.195. The van der Waals surface area contributed by atoms with Crippen LogP contribution in [-0.4, -0.2) is 19.5 Å². The minimum atomic E-state index is -0.534. The van der Waals surface area contributed by atoms with Crippen molar-refractivity contribution in [2.24, 2.45) is 0 Å². The first-order valence-electron chi connectivity index (χ1n) is 3.92. The molecule has 0 N–H and O–H groups in total. The molecule has 0 saturated carbocycles. The second-order valence-corrected chi connectivity index (χ2v) is 4.14. The van der Waals surface area contributed by atoms with Crippen LogP contribution in [0.5, 0.6) is 0 Å². The summed E-state index contributed by atoms with van der Waals surface area (Å²) in [5.41, 5.74) is 0.686. The minimum Gasteiger partial charge on any atom is -0.390 e. The van der Waals surface area contributed by atoms with Gasteiger partial charge in [-0.25, -0.2) is 9.55 Å². The van der Waals surface area contributed by atoms with Crippen molar-refractivity contribution in [2.75, 3.05) is 0 Å². The normalized spacial score (nSPS) is 10.5. The molecule has 0 aliphatic rings. The van der Waals surface area contributed by atoms with Gasteiger partial charge in [0.1, 0.15) is 18.9 Å². The quantitative estimate of drug-likeness (QED) is 0.611. The monoisotopic (exact) mass is 244 g/mol. The van der Waals surface area contributed by atoms with Crippen molar-refractivity contribution in [3.63, 3.8) is 0 Å². The third kappa shape index (κ3) is 2.13. The lowest BCUT2D eigenvalue weighted by molar-refractivity contribution is -0.396. The Morgan fingerprint density at radius 1 is 1.67 bits per heavy atom. The van der Waals surface area contributed by atoms with Crippen LogP contribution < -0.4 is 0 Å². The van der Waals surface area contributed by atoms with E-state index in [0.29, 0.717) is 16.7 Å². The molecule has 0 spiro atoms.